The number of hydrogen-bond donors (Lipinski definition) is 1. The number of nitrogens with one attached hydrogen (secondary N) is 1. The molecule has 0 fully saturated rings. The Morgan fingerprint density at radius 1 is 1.37 bits per heavy atom. The van der Waals surface area contributed by atoms with Gasteiger partial charge in [-0.15, -0.1) is 0 Å². The lowest BCUT2D eigenvalue weighted by atomic mass is 10.1. The smallest absolute Gasteiger partial charge is 0.253 e. The highest BCUT2D eigenvalue weighted by atomic mass is 16.5. The molecule has 1 amide bonds. The van der Waals surface area contributed by atoms with Crippen molar-refractivity contribution in [1.29, 1.82) is 5.26 Å². The zero-order valence-corrected chi connectivity index (χ0v) is 11.3. The van der Waals surface area contributed by atoms with Crippen molar-refractivity contribution in [3.05, 3.63) is 29.8 Å². The summed E-state index contributed by atoms with van der Waals surface area (Å²) in [6.45, 7) is 1.38. The molecule has 0 heterocycles. The molecule has 0 aliphatic carbocycles. The lowest BCUT2D eigenvalue weighted by molar-refractivity contribution is 0.0700. The Kier molecular flexibility index (Phi) is 6.41. The molecule has 1 rings (SSSR count). The van der Waals surface area contributed by atoms with E-state index in [9.17, 15) is 4.79 Å². The van der Waals surface area contributed by atoms with E-state index in [4.69, 9.17) is 10.00 Å². The topological polar surface area (TPSA) is 65.4 Å². The van der Waals surface area contributed by atoms with Crippen molar-refractivity contribution < 1.29 is 9.53 Å². The van der Waals surface area contributed by atoms with Crippen molar-refractivity contribution in [3.63, 3.8) is 0 Å². The van der Waals surface area contributed by atoms with Crippen LogP contribution in [0.5, 0.6) is 0 Å². The van der Waals surface area contributed by atoms with Crippen LogP contribution in [0.25, 0.3) is 0 Å². The minimum Gasteiger partial charge on any atom is -0.388 e. The summed E-state index contributed by atoms with van der Waals surface area (Å²) >= 11 is 0. The van der Waals surface area contributed by atoms with Gasteiger partial charge in [-0.05, 0) is 24.3 Å². The van der Waals surface area contributed by atoms with Crippen LogP contribution in [0.4, 0.5) is 5.69 Å². The Morgan fingerprint density at radius 2 is 2.05 bits per heavy atom. The van der Waals surface area contributed by atoms with E-state index in [0.29, 0.717) is 31.7 Å². The fourth-order valence-corrected chi connectivity index (χ4v) is 1.66. The molecule has 102 valence electrons. The molecule has 0 bridgehead atoms. The van der Waals surface area contributed by atoms with Crippen molar-refractivity contribution in [3.8, 4) is 6.07 Å². The van der Waals surface area contributed by atoms with Crippen LogP contribution in [-0.2, 0) is 4.74 Å². The van der Waals surface area contributed by atoms with Gasteiger partial charge in [-0.3, -0.25) is 4.79 Å². The fourth-order valence-electron chi connectivity index (χ4n) is 1.66. The van der Waals surface area contributed by atoms with Crippen LogP contribution in [0.3, 0.4) is 0 Å². The number of nitrogens with zero attached hydrogens (tertiary/aromatic N) is 2. The van der Waals surface area contributed by atoms with Crippen molar-refractivity contribution in [1.82, 2.24) is 4.90 Å². The highest BCUT2D eigenvalue weighted by Crippen LogP contribution is 2.11. The third-order valence-corrected chi connectivity index (χ3v) is 2.77. The summed E-state index contributed by atoms with van der Waals surface area (Å²) < 4.78 is 4.99. The van der Waals surface area contributed by atoms with E-state index in [0.717, 1.165) is 5.69 Å². The molecule has 1 aromatic carbocycles. The van der Waals surface area contributed by atoms with Crippen molar-refractivity contribution in [2.45, 2.75) is 6.42 Å². The molecule has 1 N–H and O–H groups in total. The van der Waals surface area contributed by atoms with Crippen LogP contribution in [0.15, 0.2) is 24.3 Å². The van der Waals surface area contributed by atoms with Crippen LogP contribution in [0.2, 0.25) is 0 Å². The molecule has 19 heavy (non-hydrogen) atoms. The van der Waals surface area contributed by atoms with E-state index >= 15 is 0 Å². The van der Waals surface area contributed by atoms with Crippen LogP contribution in [-0.4, -0.2) is 44.7 Å². The average molecular weight is 261 g/mol. The van der Waals surface area contributed by atoms with Crippen molar-refractivity contribution in [2.75, 3.05) is 39.2 Å². The second kappa shape index (κ2) is 8.11. The van der Waals surface area contributed by atoms with Gasteiger partial charge in [0.2, 0.25) is 0 Å². The number of carbonyl (C=O) groups excluding carboxylic acids is 1. The molecular weight excluding hydrogens is 242 g/mol. The summed E-state index contributed by atoms with van der Waals surface area (Å²) in [5, 5.41) is 11.6. The summed E-state index contributed by atoms with van der Waals surface area (Å²) in [5.41, 5.74) is 1.57. The van der Waals surface area contributed by atoms with Gasteiger partial charge in [-0.1, -0.05) is 0 Å². The van der Waals surface area contributed by atoms with E-state index in [1.165, 1.54) is 0 Å². The van der Waals surface area contributed by atoms with Gasteiger partial charge >= 0.3 is 0 Å². The predicted molar refractivity (Wildman–Crippen MR) is 74.0 cm³/mol. The molecule has 5 heteroatoms. The predicted octanol–water partition coefficient (Wildman–Crippen LogP) is 1.73. The third-order valence-electron chi connectivity index (χ3n) is 2.77. The lowest BCUT2D eigenvalue weighted by Crippen LogP contribution is -2.34. The fraction of sp³-hybridized carbons (Fsp3) is 0.429. The number of amides is 1. The zero-order valence-electron chi connectivity index (χ0n) is 11.3. The zero-order chi connectivity index (χ0) is 14.1. The third kappa shape index (κ3) is 4.60. The molecule has 0 aliphatic rings. The molecular formula is C14H19N3O2. The highest BCUT2D eigenvalue weighted by Gasteiger charge is 2.14. The van der Waals surface area contributed by atoms with Crippen LogP contribution in [0, 0.1) is 11.3 Å². The number of benzene rings is 1. The van der Waals surface area contributed by atoms with Gasteiger partial charge in [0.15, 0.2) is 0 Å². The maximum atomic E-state index is 12.3. The molecule has 0 saturated heterocycles. The minimum absolute atomic E-state index is 0.0741. The Morgan fingerprint density at radius 3 is 2.58 bits per heavy atom. The normalized spacial score (nSPS) is 9.74. The minimum atomic E-state index is -0.0741. The average Bonchev–Trinajstić information content (AvgIpc) is 2.47. The second-order valence-corrected chi connectivity index (χ2v) is 4.02. The van der Waals surface area contributed by atoms with Crippen LogP contribution in [0.1, 0.15) is 16.8 Å². The molecule has 0 spiro atoms. The van der Waals surface area contributed by atoms with E-state index < -0.39 is 0 Å². The van der Waals surface area contributed by atoms with E-state index in [1.807, 2.05) is 19.2 Å². The summed E-state index contributed by atoms with van der Waals surface area (Å²) in [4.78, 5) is 13.9. The summed E-state index contributed by atoms with van der Waals surface area (Å²) in [7, 11) is 3.42. The number of rotatable bonds is 7. The molecule has 0 unspecified atom stereocenters. The monoisotopic (exact) mass is 261 g/mol. The van der Waals surface area contributed by atoms with Gasteiger partial charge in [0.25, 0.3) is 5.91 Å². The van der Waals surface area contributed by atoms with Crippen LogP contribution < -0.4 is 5.32 Å². The van der Waals surface area contributed by atoms with Crippen molar-refractivity contribution in [2.24, 2.45) is 0 Å². The van der Waals surface area contributed by atoms with Gasteiger partial charge in [0.05, 0.1) is 19.1 Å². The standard InChI is InChI=1S/C14H19N3O2/c1-16-13-6-4-12(5-7-13)14(18)17(9-3-8-15)10-11-19-2/h4-7,16H,3,9-11H2,1-2H3. The van der Waals surface area contributed by atoms with E-state index in [2.05, 4.69) is 11.4 Å². The highest BCUT2D eigenvalue weighted by molar-refractivity contribution is 5.94. The maximum absolute atomic E-state index is 12.3. The number of carbonyl (C=O) groups is 1. The van der Waals surface area contributed by atoms with Gasteiger partial charge in [0.1, 0.15) is 0 Å². The van der Waals surface area contributed by atoms with Gasteiger partial charge in [0, 0.05) is 38.5 Å². The Labute approximate surface area is 113 Å². The first-order valence-electron chi connectivity index (χ1n) is 6.16. The van der Waals surface area contributed by atoms with Crippen LogP contribution >= 0.6 is 0 Å². The number of ether oxygens (including phenoxy) is 1. The van der Waals surface area contributed by atoms with Gasteiger partial charge in [-0.25, -0.2) is 0 Å². The first-order chi connectivity index (χ1) is 9.22. The Bertz CT molecular complexity index is 437. The molecule has 0 saturated carbocycles. The lowest BCUT2D eigenvalue weighted by Gasteiger charge is -2.21. The Hall–Kier alpha value is -2.06. The largest absolute Gasteiger partial charge is 0.388 e. The molecule has 0 atom stereocenters. The van der Waals surface area contributed by atoms with Crippen molar-refractivity contribution >= 4 is 11.6 Å². The SMILES string of the molecule is CNc1ccc(C(=O)N(CCC#N)CCOC)cc1. The maximum Gasteiger partial charge on any atom is 0.253 e. The summed E-state index contributed by atoms with van der Waals surface area (Å²) in [6, 6.07) is 9.32. The number of hydrogen-bond acceptors (Lipinski definition) is 4. The van der Waals surface area contributed by atoms with E-state index in [-0.39, 0.29) is 5.91 Å². The number of methoxy groups -OCH3 is 1. The van der Waals surface area contributed by atoms with Gasteiger partial charge < -0.3 is 15.0 Å². The van der Waals surface area contributed by atoms with Gasteiger partial charge in [-0.2, -0.15) is 5.26 Å². The molecule has 5 nitrogen and oxygen atoms in total. The second-order valence-electron chi connectivity index (χ2n) is 4.02. The number of nitriles is 1. The molecule has 0 aromatic heterocycles. The summed E-state index contributed by atoms with van der Waals surface area (Å²) in [5.74, 6) is -0.0741. The molecule has 0 aliphatic heterocycles. The summed E-state index contributed by atoms with van der Waals surface area (Å²) in [6.07, 6.45) is 0.323. The molecule has 1 aromatic rings. The number of anilines is 1. The Balaban J connectivity index is 2.75. The first kappa shape index (κ1) is 15.0. The first-order valence-corrected chi connectivity index (χ1v) is 6.16. The quantitative estimate of drug-likeness (QED) is 0.811. The van der Waals surface area contributed by atoms with E-state index in [1.54, 1.807) is 24.1 Å². The molecule has 0 radical (unpaired) electrons.